The van der Waals surface area contributed by atoms with Gasteiger partial charge in [0.25, 0.3) is 0 Å². The van der Waals surface area contributed by atoms with Gasteiger partial charge in [-0.3, -0.25) is 14.4 Å². The van der Waals surface area contributed by atoms with E-state index < -0.39 is 0 Å². The molecule has 1 aromatic heterocycles. The maximum atomic E-state index is 12.3. The zero-order valence-electron chi connectivity index (χ0n) is 12.1. The topological polar surface area (TPSA) is 61.6 Å². The number of piperidine rings is 1. The zero-order valence-corrected chi connectivity index (χ0v) is 12.1. The number of β-amino-alcohol motifs (C(OH)–C–C–N with tert-alkyl or cyclic N) is 1. The molecule has 0 bridgehead atoms. The average Bonchev–Trinajstić information content (AvgIpc) is 2.92. The number of likely N-dealkylation sites (tertiary alicyclic amines) is 1. The second-order valence-electron chi connectivity index (χ2n) is 5.27. The van der Waals surface area contributed by atoms with E-state index in [2.05, 4.69) is 5.10 Å². The van der Waals surface area contributed by atoms with Crippen LogP contribution in [0, 0.1) is 0 Å². The number of aromatic nitrogens is 2. The van der Waals surface area contributed by atoms with Crippen LogP contribution < -0.4 is 0 Å². The number of likely N-dealkylation sites (N-methyl/N-ethyl adjacent to an activating group) is 1. The summed E-state index contributed by atoms with van der Waals surface area (Å²) in [4.78, 5) is 16.2. The van der Waals surface area contributed by atoms with Gasteiger partial charge in [-0.25, -0.2) is 0 Å². The van der Waals surface area contributed by atoms with Crippen molar-refractivity contribution in [3.8, 4) is 0 Å². The molecule has 1 unspecified atom stereocenters. The summed E-state index contributed by atoms with van der Waals surface area (Å²) in [6.45, 7) is 6.01. The molecule has 1 saturated heterocycles. The van der Waals surface area contributed by atoms with E-state index in [-0.39, 0.29) is 12.0 Å². The van der Waals surface area contributed by atoms with Crippen LogP contribution in [0.2, 0.25) is 0 Å². The highest BCUT2D eigenvalue weighted by Gasteiger charge is 2.21. The summed E-state index contributed by atoms with van der Waals surface area (Å²) in [6.07, 6.45) is 5.18. The second kappa shape index (κ2) is 7.40. The van der Waals surface area contributed by atoms with Gasteiger partial charge >= 0.3 is 0 Å². The van der Waals surface area contributed by atoms with Gasteiger partial charge in [0.1, 0.15) is 0 Å². The Kier molecular flexibility index (Phi) is 5.55. The molecule has 6 nitrogen and oxygen atoms in total. The minimum Gasteiger partial charge on any atom is -0.392 e. The van der Waals surface area contributed by atoms with Crippen molar-refractivity contribution in [2.24, 2.45) is 0 Å². The molecule has 0 spiro atoms. The maximum Gasteiger partial charge on any atom is 0.236 e. The highest BCUT2D eigenvalue weighted by Crippen LogP contribution is 2.09. The van der Waals surface area contributed by atoms with Crippen LogP contribution in [0.5, 0.6) is 0 Å². The molecule has 1 N–H and O–H groups in total. The van der Waals surface area contributed by atoms with E-state index in [0.717, 1.165) is 25.9 Å². The number of hydrogen-bond donors (Lipinski definition) is 1. The SMILES string of the molecule is CCN(CCn1cccn1)C(=O)CN1CCCC(O)C1. The van der Waals surface area contributed by atoms with E-state index in [1.54, 1.807) is 6.20 Å². The number of amides is 1. The molecule has 1 fully saturated rings. The quantitative estimate of drug-likeness (QED) is 0.808. The molecule has 2 heterocycles. The van der Waals surface area contributed by atoms with Gasteiger partial charge in [-0.15, -0.1) is 0 Å². The summed E-state index contributed by atoms with van der Waals surface area (Å²) in [6, 6.07) is 1.88. The van der Waals surface area contributed by atoms with Gasteiger partial charge in [0.05, 0.1) is 19.2 Å². The molecule has 2 rings (SSSR count). The zero-order chi connectivity index (χ0) is 14.4. The van der Waals surface area contributed by atoms with Crippen molar-refractivity contribution in [3.63, 3.8) is 0 Å². The van der Waals surface area contributed by atoms with Crippen molar-refractivity contribution in [3.05, 3.63) is 18.5 Å². The number of carbonyl (C=O) groups is 1. The highest BCUT2D eigenvalue weighted by atomic mass is 16.3. The number of hydrogen-bond acceptors (Lipinski definition) is 4. The minimum absolute atomic E-state index is 0.133. The predicted octanol–water partition coefficient (Wildman–Crippen LogP) is 0.188. The number of nitrogens with zero attached hydrogens (tertiary/aromatic N) is 4. The first kappa shape index (κ1) is 15.0. The molecule has 1 aromatic rings. The van der Waals surface area contributed by atoms with E-state index in [9.17, 15) is 9.90 Å². The summed E-state index contributed by atoms with van der Waals surface area (Å²) in [5.74, 6) is 0.133. The smallest absolute Gasteiger partial charge is 0.236 e. The Bertz CT molecular complexity index is 407. The Morgan fingerprint density at radius 3 is 3.05 bits per heavy atom. The van der Waals surface area contributed by atoms with E-state index >= 15 is 0 Å². The minimum atomic E-state index is -0.282. The lowest BCUT2D eigenvalue weighted by Gasteiger charge is -2.31. The summed E-state index contributed by atoms with van der Waals surface area (Å²) in [5.41, 5.74) is 0. The lowest BCUT2D eigenvalue weighted by molar-refractivity contribution is -0.133. The van der Waals surface area contributed by atoms with Crippen molar-refractivity contribution in [1.82, 2.24) is 19.6 Å². The first-order chi connectivity index (χ1) is 9.69. The normalized spacial score (nSPS) is 20.0. The van der Waals surface area contributed by atoms with Crippen molar-refractivity contribution in [2.75, 3.05) is 32.7 Å². The summed E-state index contributed by atoms with van der Waals surface area (Å²) < 4.78 is 1.83. The van der Waals surface area contributed by atoms with Crippen LogP contribution in [0.1, 0.15) is 19.8 Å². The second-order valence-corrected chi connectivity index (χ2v) is 5.27. The van der Waals surface area contributed by atoms with E-state index in [4.69, 9.17) is 0 Å². The van der Waals surface area contributed by atoms with Gasteiger partial charge in [0.15, 0.2) is 0 Å². The molecule has 1 aliphatic rings. The molecule has 1 amide bonds. The lowest BCUT2D eigenvalue weighted by Crippen LogP contribution is -2.46. The maximum absolute atomic E-state index is 12.3. The molecular formula is C14H24N4O2. The van der Waals surface area contributed by atoms with Crippen LogP contribution in [-0.2, 0) is 11.3 Å². The Labute approximate surface area is 120 Å². The van der Waals surface area contributed by atoms with Gasteiger partial charge < -0.3 is 10.0 Å². The fraction of sp³-hybridized carbons (Fsp3) is 0.714. The fourth-order valence-corrected chi connectivity index (χ4v) is 2.58. The third kappa shape index (κ3) is 4.31. The monoisotopic (exact) mass is 280 g/mol. The standard InChI is InChI=1S/C14H24N4O2/c1-2-17(9-10-18-8-4-6-15-18)14(20)12-16-7-3-5-13(19)11-16/h4,6,8,13,19H,2-3,5,7,9-12H2,1H3. The van der Waals surface area contributed by atoms with E-state index in [1.165, 1.54) is 0 Å². The Balaban J connectivity index is 1.79. The average molecular weight is 280 g/mol. The van der Waals surface area contributed by atoms with Crippen LogP contribution in [0.3, 0.4) is 0 Å². The highest BCUT2D eigenvalue weighted by molar-refractivity contribution is 5.78. The predicted molar refractivity (Wildman–Crippen MR) is 76.2 cm³/mol. The molecule has 0 radical (unpaired) electrons. The van der Waals surface area contributed by atoms with Crippen LogP contribution in [-0.4, -0.2) is 69.4 Å². The molecule has 0 aliphatic carbocycles. The first-order valence-electron chi connectivity index (χ1n) is 7.34. The van der Waals surface area contributed by atoms with Crippen molar-refractivity contribution in [2.45, 2.75) is 32.4 Å². The number of rotatable bonds is 6. The third-order valence-electron chi connectivity index (χ3n) is 3.73. The van der Waals surface area contributed by atoms with Gasteiger partial charge in [0, 0.05) is 32.0 Å². The third-order valence-corrected chi connectivity index (χ3v) is 3.73. The molecule has 0 saturated carbocycles. The Hall–Kier alpha value is -1.40. The van der Waals surface area contributed by atoms with Gasteiger partial charge in [-0.2, -0.15) is 5.10 Å². The molecule has 6 heteroatoms. The largest absolute Gasteiger partial charge is 0.392 e. The van der Waals surface area contributed by atoms with Gasteiger partial charge in [-0.1, -0.05) is 0 Å². The molecule has 112 valence electrons. The Morgan fingerprint density at radius 1 is 1.55 bits per heavy atom. The number of carbonyl (C=O) groups excluding carboxylic acids is 1. The fourth-order valence-electron chi connectivity index (χ4n) is 2.58. The first-order valence-corrected chi connectivity index (χ1v) is 7.34. The molecule has 1 aliphatic heterocycles. The lowest BCUT2D eigenvalue weighted by atomic mass is 10.1. The van der Waals surface area contributed by atoms with Gasteiger partial charge in [-0.05, 0) is 32.4 Å². The molecule has 1 atom stereocenters. The van der Waals surface area contributed by atoms with Crippen LogP contribution >= 0.6 is 0 Å². The molecule has 20 heavy (non-hydrogen) atoms. The van der Waals surface area contributed by atoms with Crippen LogP contribution in [0.15, 0.2) is 18.5 Å². The van der Waals surface area contributed by atoms with Crippen LogP contribution in [0.25, 0.3) is 0 Å². The summed E-state index contributed by atoms with van der Waals surface area (Å²) in [7, 11) is 0. The van der Waals surface area contributed by atoms with E-state index in [1.807, 2.05) is 33.7 Å². The van der Waals surface area contributed by atoms with Gasteiger partial charge in [0.2, 0.25) is 5.91 Å². The van der Waals surface area contributed by atoms with Crippen molar-refractivity contribution < 1.29 is 9.90 Å². The Morgan fingerprint density at radius 2 is 2.40 bits per heavy atom. The van der Waals surface area contributed by atoms with Crippen molar-refractivity contribution in [1.29, 1.82) is 0 Å². The van der Waals surface area contributed by atoms with Crippen LogP contribution in [0.4, 0.5) is 0 Å². The van der Waals surface area contributed by atoms with E-state index in [0.29, 0.717) is 26.2 Å². The number of aliphatic hydroxyl groups excluding tert-OH is 1. The summed E-state index contributed by atoms with van der Waals surface area (Å²) in [5, 5.41) is 13.8. The molecule has 0 aromatic carbocycles. The summed E-state index contributed by atoms with van der Waals surface area (Å²) >= 11 is 0. The number of aliphatic hydroxyl groups is 1. The molecular weight excluding hydrogens is 256 g/mol. The van der Waals surface area contributed by atoms with Crippen molar-refractivity contribution >= 4 is 5.91 Å².